The lowest BCUT2D eigenvalue weighted by molar-refractivity contribution is -0.123. The van der Waals surface area contributed by atoms with Gasteiger partial charge in [0, 0.05) is 12.8 Å². The van der Waals surface area contributed by atoms with Crippen molar-refractivity contribution in [1.82, 2.24) is 0 Å². The number of epoxide rings is 1. The van der Waals surface area contributed by atoms with Crippen LogP contribution in [0.15, 0.2) is 0 Å². The van der Waals surface area contributed by atoms with E-state index in [0.717, 1.165) is 6.42 Å². The molecule has 3 heteroatoms. The lowest BCUT2D eigenvalue weighted by atomic mass is 9.52. The molecule has 0 radical (unpaired) electrons. The normalized spacial score (nSPS) is 39.2. The SMILES string of the molecule is CC(=O)CC1CC(C)(C)C12OC2CC(C)=O. The van der Waals surface area contributed by atoms with Gasteiger partial charge in [0.1, 0.15) is 17.2 Å². The van der Waals surface area contributed by atoms with E-state index in [1.165, 1.54) is 0 Å². The van der Waals surface area contributed by atoms with Crippen molar-refractivity contribution in [2.75, 3.05) is 0 Å². The molecule has 1 aliphatic heterocycles. The van der Waals surface area contributed by atoms with Gasteiger partial charge in [0.2, 0.25) is 0 Å². The van der Waals surface area contributed by atoms with Crippen LogP contribution >= 0.6 is 0 Å². The molecule has 1 spiro atoms. The van der Waals surface area contributed by atoms with Crippen molar-refractivity contribution in [2.24, 2.45) is 11.3 Å². The topological polar surface area (TPSA) is 46.7 Å². The standard InChI is InChI=1S/C13H20O3/c1-8(14)5-10-7-12(3,4)13(10)11(16-13)6-9(2)15/h10-11H,5-7H2,1-4H3. The van der Waals surface area contributed by atoms with Gasteiger partial charge in [-0.05, 0) is 31.6 Å². The molecule has 1 aliphatic carbocycles. The first-order chi connectivity index (χ1) is 7.29. The molecule has 3 nitrogen and oxygen atoms in total. The summed E-state index contributed by atoms with van der Waals surface area (Å²) in [6.07, 6.45) is 2.18. The second-order valence-electron chi connectivity index (χ2n) is 6.00. The van der Waals surface area contributed by atoms with E-state index in [0.29, 0.717) is 18.8 Å². The lowest BCUT2D eigenvalue weighted by Crippen LogP contribution is -2.54. The first kappa shape index (κ1) is 11.8. The van der Waals surface area contributed by atoms with E-state index in [1.807, 2.05) is 0 Å². The lowest BCUT2D eigenvalue weighted by Gasteiger charge is -2.50. The van der Waals surface area contributed by atoms with E-state index in [2.05, 4.69) is 13.8 Å². The van der Waals surface area contributed by atoms with Gasteiger partial charge in [-0.15, -0.1) is 0 Å². The van der Waals surface area contributed by atoms with Crippen LogP contribution in [-0.2, 0) is 14.3 Å². The summed E-state index contributed by atoms with van der Waals surface area (Å²) in [5, 5.41) is 0. The number of hydrogen-bond acceptors (Lipinski definition) is 3. The van der Waals surface area contributed by atoms with Crippen molar-refractivity contribution in [1.29, 1.82) is 0 Å². The number of ketones is 2. The number of Topliss-reactive ketones (excluding diaryl/α,β-unsaturated/α-hetero) is 2. The molecule has 3 unspecified atom stereocenters. The van der Waals surface area contributed by atoms with Gasteiger partial charge in [-0.2, -0.15) is 0 Å². The third kappa shape index (κ3) is 1.53. The van der Waals surface area contributed by atoms with E-state index in [4.69, 9.17) is 4.74 Å². The number of carbonyl (C=O) groups is 2. The first-order valence-electron chi connectivity index (χ1n) is 5.96. The van der Waals surface area contributed by atoms with Crippen LogP contribution in [-0.4, -0.2) is 23.3 Å². The zero-order chi connectivity index (χ0) is 12.1. The predicted molar refractivity (Wildman–Crippen MR) is 60.1 cm³/mol. The van der Waals surface area contributed by atoms with Crippen LogP contribution in [0.1, 0.15) is 47.0 Å². The van der Waals surface area contributed by atoms with E-state index < -0.39 is 0 Å². The fourth-order valence-corrected chi connectivity index (χ4v) is 3.53. The molecule has 0 N–H and O–H groups in total. The maximum Gasteiger partial charge on any atom is 0.132 e. The number of carbonyl (C=O) groups excluding carboxylic acids is 2. The van der Waals surface area contributed by atoms with E-state index >= 15 is 0 Å². The molecule has 0 aromatic heterocycles. The highest BCUT2D eigenvalue weighted by Crippen LogP contribution is 2.68. The van der Waals surface area contributed by atoms with E-state index in [-0.39, 0.29) is 28.7 Å². The Morgan fingerprint density at radius 3 is 2.19 bits per heavy atom. The van der Waals surface area contributed by atoms with Crippen molar-refractivity contribution in [2.45, 2.75) is 58.7 Å². The Bertz CT molecular complexity index is 345. The van der Waals surface area contributed by atoms with Gasteiger partial charge in [-0.25, -0.2) is 0 Å². The molecule has 0 bridgehead atoms. The fraction of sp³-hybridized carbons (Fsp3) is 0.846. The van der Waals surface area contributed by atoms with Gasteiger partial charge in [0.05, 0.1) is 6.10 Å². The Labute approximate surface area is 96.5 Å². The predicted octanol–water partition coefficient (Wildman–Crippen LogP) is 2.13. The molecule has 1 saturated heterocycles. The Morgan fingerprint density at radius 1 is 1.19 bits per heavy atom. The zero-order valence-corrected chi connectivity index (χ0v) is 10.5. The van der Waals surface area contributed by atoms with Gasteiger partial charge in [-0.3, -0.25) is 4.79 Å². The minimum absolute atomic E-state index is 0.0538. The minimum Gasteiger partial charge on any atom is -0.365 e. The van der Waals surface area contributed by atoms with Crippen molar-refractivity contribution >= 4 is 11.6 Å². The summed E-state index contributed by atoms with van der Waals surface area (Å²) in [5.74, 6) is 0.715. The maximum absolute atomic E-state index is 11.2. The first-order valence-corrected chi connectivity index (χ1v) is 5.96. The molecule has 1 heterocycles. The second kappa shape index (κ2) is 3.39. The monoisotopic (exact) mass is 224 g/mol. The average molecular weight is 224 g/mol. The molecule has 0 amide bonds. The number of rotatable bonds is 4. The molecule has 2 aliphatic rings. The molecular weight excluding hydrogens is 204 g/mol. The molecule has 0 aromatic rings. The Kier molecular flexibility index (Phi) is 2.50. The van der Waals surface area contributed by atoms with Gasteiger partial charge in [0.15, 0.2) is 0 Å². The van der Waals surface area contributed by atoms with Gasteiger partial charge in [0.25, 0.3) is 0 Å². The summed E-state index contributed by atoms with van der Waals surface area (Å²) < 4.78 is 5.81. The maximum atomic E-state index is 11.2. The third-order valence-electron chi connectivity index (χ3n) is 4.19. The minimum atomic E-state index is -0.176. The summed E-state index contributed by atoms with van der Waals surface area (Å²) in [4.78, 5) is 22.3. The molecule has 2 fully saturated rings. The summed E-state index contributed by atoms with van der Waals surface area (Å²) in [6.45, 7) is 7.57. The average Bonchev–Trinajstić information content (AvgIpc) is 2.78. The van der Waals surface area contributed by atoms with Crippen molar-refractivity contribution in [3.8, 4) is 0 Å². The van der Waals surface area contributed by atoms with E-state index in [9.17, 15) is 9.59 Å². The van der Waals surface area contributed by atoms with Crippen LogP contribution in [0.25, 0.3) is 0 Å². The molecular formula is C13H20O3. The molecule has 16 heavy (non-hydrogen) atoms. The number of hydrogen-bond donors (Lipinski definition) is 0. The highest BCUT2D eigenvalue weighted by molar-refractivity contribution is 5.78. The van der Waals surface area contributed by atoms with E-state index in [1.54, 1.807) is 13.8 Å². The summed E-state index contributed by atoms with van der Waals surface area (Å²) >= 11 is 0. The third-order valence-corrected chi connectivity index (χ3v) is 4.19. The summed E-state index contributed by atoms with van der Waals surface area (Å²) in [5.41, 5.74) is -0.0580. The quantitative estimate of drug-likeness (QED) is 0.687. The van der Waals surface area contributed by atoms with Crippen LogP contribution in [0.3, 0.4) is 0 Å². The van der Waals surface area contributed by atoms with Gasteiger partial charge >= 0.3 is 0 Å². The highest BCUT2D eigenvalue weighted by Gasteiger charge is 2.75. The van der Waals surface area contributed by atoms with Crippen LogP contribution in [0.5, 0.6) is 0 Å². The summed E-state index contributed by atoms with van der Waals surface area (Å²) in [7, 11) is 0. The molecule has 2 rings (SSSR count). The molecule has 1 saturated carbocycles. The zero-order valence-electron chi connectivity index (χ0n) is 10.5. The van der Waals surface area contributed by atoms with Crippen molar-refractivity contribution < 1.29 is 14.3 Å². The Balaban J connectivity index is 2.06. The Hall–Kier alpha value is -0.700. The largest absolute Gasteiger partial charge is 0.365 e. The van der Waals surface area contributed by atoms with Crippen molar-refractivity contribution in [3.63, 3.8) is 0 Å². The molecule has 3 atom stereocenters. The molecule has 0 aromatic carbocycles. The number of ether oxygens (including phenoxy) is 1. The van der Waals surface area contributed by atoms with Crippen LogP contribution in [0.4, 0.5) is 0 Å². The fourth-order valence-electron chi connectivity index (χ4n) is 3.53. The highest BCUT2D eigenvalue weighted by atomic mass is 16.6. The van der Waals surface area contributed by atoms with Gasteiger partial charge < -0.3 is 9.53 Å². The van der Waals surface area contributed by atoms with Crippen LogP contribution in [0, 0.1) is 11.3 Å². The second-order valence-corrected chi connectivity index (χ2v) is 6.00. The van der Waals surface area contributed by atoms with Crippen LogP contribution in [0.2, 0.25) is 0 Å². The summed E-state index contributed by atoms with van der Waals surface area (Å²) in [6, 6.07) is 0. The Morgan fingerprint density at radius 2 is 1.75 bits per heavy atom. The smallest absolute Gasteiger partial charge is 0.132 e. The van der Waals surface area contributed by atoms with Crippen LogP contribution < -0.4 is 0 Å². The molecule has 90 valence electrons. The van der Waals surface area contributed by atoms with Gasteiger partial charge in [-0.1, -0.05) is 13.8 Å². The van der Waals surface area contributed by atoms with Crippen molar-refractivity contribution in [3.05, 3.63) is 0 Å².